The molecule has 1 aromatic rings. The zero-order valence-corrected chi connectivity index (χ0v) is 13.1. The van der Waals surface area contributed by atoms with E-state index in [0.717, 1.165) is 11.3 Å². The Hall–Kier alpha value is -2.38. The van der Waals surface area contributed by atoms with Gasteiger partial charge in [0.25, 0.3) is 5.91 Å². The van der Waals surface area contributed by atoms with Crippen LogP contribution in [-0.4, -0.2) is 40.6 Å². The van der Waals surface area contributed by atoms with Gasteiger partial charge in [0.2, 0.25) is 6.29 Å². The van der Waals surface area contributed by atoms with Gasteiger partial charge in [0.15, 0.2) is 0 Å². The van der Waals surface area contributed by atoms with E-state index in [0.29, 0.717) is 12.8 Å². The van der Waals surface area contributed by atoms with E-state index >= 15 is 0 Å². The highest BCUT2D eigenvalue weighted by atomic mass is 32.1. The van der Waals surface area contributed by atoms with Gasteiger partial charge in [-0.05, 0) is 12.8 Å². The average Bonchev–Trinajstić information content (AvgIpc) is 3.13. The summed E-state index contributed by atoms with van der Waals surface area (Å²) in [5, 5.41) is 24.0. The Morgan fingerprint density at radius 2 is 2.21 bits per heavy atom. The molecule has 13 heteroatoms. The van der Waals surface area contributed by atoms with Gasteiger partial charge in [0, 0.05) is 0 Å². The molecular weight excluding hydrogens is 342 g/mol. The fourth-order valence-corrected chi connectivity index (χ4v) is 3.64. The minimum atomic E-state index is -0.894. The number of nitrogens with zero attached hydrogens (tertiary/aromatic N) is 4. The quantitative estimate of drug-likeness (QED) is 0.237. The Bertz CT molecular complexity index is 731. The molecule has 2 unspecified atom stereocenters. The molecule has 1 aromatic heterocycles. The van der Waals surface area contributed by atoms with Crippen LogP contribution in [0.15, 0.2) is 20.3 Å². The van der Waals surface area contributed by atoms with Crippen LogP contribution in [-0.2, 0) is 4.74 Å². The third kappa shape index (κ3) is 2.76. The van der Waals surface area contributed by atoms with E-state index in [1.165, 1.54) is 4.57 Å². The number of carbonyl (C=O) groups excluding carboxylic acids is 1. The first-order chi connectivity index (χ1) is 11.6. The highest BCUT2D eigenvalue weighted by Crippen LogP contribution is 2.35. The van der Waals surface area contributed by atoms with Crippen LogP contribution < -0.4 is 21.3 Å². The molecule has 24 heavy (non-hydrogen) atoms. The summed E-state index contributed by atoms with van der Waals surface area (Å²) < 4.78 is 7.00. The van der Waals surface area contributed by atoms with Crippen molar-refractivity contribution in [2.24, 2.45) is 21.4 Å². The largest absolute Gasteiger partial charge is 0.394 e. The molecule has 5 N–H and O–H groups in total. The lowest BCUT2D eigenvalue weighted by Gasteiger charge is -2.24. The highest BCUT2D eigenvalue weighted by Gasteiger charge is 2.38. The Morgan fingerprint density at radius 1 is 1.42 bits per heavy atom. The number of aromatic nitrogens is 1. The van der Waals surface area contributed by atoms with Crippen LogP contribution in [0.1, 0.15) is 28.7 Å². The van der Waals surface area contributed by atoms with Crippen molar-refractivity contribution in [2.75, 3.05) is 11.9 Å². The van der Waals surface area contributed by atoms with Crippen molar-refractivity contribution in [3.8, 4) is 0 Å². The third-order valence-electron chi connectivity index (χ3n) is 3.84. The molecule has 3 rings (SSSR count). The topological polar surface area (TPSA) is 173 Å². The summed E-state index contributed by atoms with van der Waals surface area (Å²) in [4.78, 5) is 34.9. The molecular formula is C11H15N7O5S. The number of nitroso groups, excluding NO2 is 1. The number of anilines is 1. The summed E-state index contributed by atoms with van der Waals surface area (Å²) in [6.07, 6.45) is -1.26. The molecule has 2 aliphatic rings. The SMILES string of the molecule is NN=NC1NC(=O)c2sc(=O)n([C@H]3CC[C@@H](C(CO)N=O)O3)c2N1. The van der Waals surface area contributed by atoms with Gasteiger partial charge in [0.1, 0.15) is 23.0 Å². The molecule has 0 aromatic carbocycles. The van der Waals surface area contributed by atoms with Crippen molar-refractivity contribution in [3.05, 3.63) is 19.5 Å². The summed E-state index contributed by atoms with van der Waals surface area (Å²) in [6, 6.07) is -0.893. The van der Waals surface area contributed by atoms with E-state index in [1.807, 2.05) is 0 Å². The monoisotopic (exact) mass is 357 g/mol. The summed E-state index contributed by atoms with van der Waals surface area (Å²) in [6.45, 7) is -0.433. The number of rotatable bonds is 5. The number of carbonyl (C=O) groups is 1. The van der Waals surface area contributed by atoms with Gasteiger partial charge >= 0.3 is 4.87 Å². The lowest BCUT2D eigenvalue weighted by Crippen LogP contribution is -2.44. The number of thiazole rings is 1. The van der Waals surface area contributed by atoms with Crippen molar-refractivity contribution < 1.29 is 14.6 Å². The van der Waals surface area contributed by atoms with Gasteiger partial charge in [-0.25, -0.2) is 0 Å². The zero-order valence-electron chi connectivity index (χ0n) is 12.3. The predicted octanol–water partition coefficient (Wildman–Crippen LogP) is -0.521. The van der Waals surface area contributed by atoms with Crippen molar-refractivity contribution >= 4 is 23.1 Å². The van der Waals surface area contributed by atoms with Gasteiger partial charge in [-0.15, -0.1) is 5.11 Å². The Morgan fingerprint density at radius 3 is 2.88 bits per heavy atom. The molecule has 2 aliphatic heterocycles. The molecule has 0 aliphatic carbocycles. The van der Waals surface area contributed by atoms with Gasteiger partial charge in [-0.2, -0.15) is 4.91 Å². The fraction of sp³-hybridized carbons (Fsp3) is 0.636. The maximum atomic E-state index is 12.3. The Kier molecular flexibility index (Phi) is 4.55. The molecule has 1 amide bonds. The number of nitrogens with one attached hydrogen (secondary N) is 2. The number of amides is 1. The third-order valence-corrected chi connectivity index (χ3v) is 4.80. The second-order valence-corrected chi connectivity index (χ2v) is 6.19. The summed E-state index contributed by atoms with van der Waals surface area (Å²) in [5.41, 5.74) is 0. The zero-order chi connectivity index (χ0) is 17.3. The van der Waals surface area contributed by atoms with Gasteiger partial charge < -0.3 is 26.3 Å². The Balaban J connectivity index is 1.89. The van der Waals surface area contributed by atoms with Crippen molar-refractivity contribution in [3.63, 3.8) is 0 Å². The van der Waals surface area contributed by atoms with Crippen molar-refractivity contribution in [1.29, 1.82) is 0 Å². The molecule has 1 fully saturated rings. The van der Waals surface area contributed by atoms with Crippen LogP contribution >= 0.6 is 11.3 Å². The summed E-state index contributed by atoms with van der Waals surface area (Å²) >= 11 is 0.768. The smallest absolute Gasteiger partial charge is 0.311 e. The van der Waals surface area contributed by atoms with Crippen LogP contribution in [0.3, 0.4) is 0 Å². The minimum absolute atomic E-state index is 0.197. The van der Waals surface area contributed by atoms with Crippen LogP contribution in [0.25, 0.3) is 0 Å². The van der Waals surface area contributed by atoms with Crippen LogP contribution in [0.2, 0.25) is 0 Å². The van der Waals surface area contributed by atoms with Crippen molar-refractivity contribution in [2.45, 2.75) is 37.5 Å². The molecule has 0 bridgehead atoms. The van der Waals surface area contributed by atoms with E-state index in [1.54, 1.807) is 0 Å². The average molecular weight is 357 g/mol. The lowest BCUT2D eigenvalue weighted by atomic mass is 10.1. The van der Waals surface area contributed by atoms with E-state index in [4.69, 9.17) is 15.7 Å². The van der Waals surface area contributed by atoms with E-state index in [9.17, 15) is 14.5 Å². The molecule has 0 saturated carbocycles. The minimum Gasteiger partial charge on any atom is -0.394 e. The van der Waals surface area contributed by atoms with Crippen molar-refractivity contribution in [1.82, 2.24) is 9.88 Å². The Labute approximate surface area is 138 Å². The van der Waals surface area contributed by atoms with Gasteiger partial charge in [-0.1, -0.05) is 21.7 Å². The van der Waals surface area contributed by atoms with Gasteiger partial charge in [-0.3, -0.25) is 14.2 Å². The standard InChI is InChI=1S/C11H15N7O5S/c12-17-15-10-13-8-7(9(20)14-10)24-11(21)18(8)6-2-1-5(23-6)4(3-19)16-22/h4-6,10,13,19H,1-3H2,(H2,12,15)(H,14,20)/t4?,5-,6+,10?/m0/s1. The fourth-order valence-electron chi connectivity index (χ4n) is 2.75. The van der Waals surface area contributed by atoms with E-state index in [-0.39, 0.29) is 10.7 Å². The number of nitrogens with two attached hydrogens (primary N) is 1. The van der Waals surface area contributed by atoms with Crippen LogP contribution in [0.5, 0.6) is 0 Å². The molecule has 4 atom stereocenters. The summed E-state index contributed by atoms with van der Waals surface area (Å²) in [5.74, 6) is 4.77. The first-order valence-corrected chi connectivity index (χ1v) is 7.92. The van der Waals surface area contributed by atoms with E-state index < -0.39 is 42.1 Å². The number of fused-ring (bicyclic) bond motifs is 1. The first-order valence-electron chi connectivity index (χ1n) is 7.10. The van der Waals surface area contributed by atoms with Crippen LogP contribution in [0.4, 0.5) is 5.82 Å². The second kappa shape index (κ2) is 6.62. The molecule has 0 spiro atoms. The number of hydrogen-bond acceptors (Lipinski definition) is 10. The number of aliphatic hydroxyl groups is 1. The molecule has 0 radical (unpaired) electrons. The molecule has 130 valence electrons. The number of ether oxygens (including phenoxy) is 1. The summed E-state index contributed by atoms with van der Waals surface area (Å²) in [7, 11) is 0. The lowest BCUT2D eigenvalue weighted by molar-refractivity contribution is -0.0169. The maximum Gasteiger partial charge on any atom is 0.311 e. The van der Waals surface area contributed by atoms with E-state index in [2.05, 4.69) is 26.1 Å². The molecule has 1 saturated heterocycles. The molecule has 12 nitrogen and oxygen atoms in total. The van der Waals surface area contributed by atoms with Crippen LogP contribution in [0, 0.1) is 4.91 Å². The number of aliphatic hydroxyl groups excluding tert-OH is 1. The normalized spacial score (nSPS) is 27.5. The predicted molar refractivity (Wildman–Crippen MR) is 82.3 cm³/mol. The number of hydrogen-bond donors (Lipinski definition) is 4. The maximum absolute atomic E-state index is 12.3. The highest BCUT2D eigenvalue weighted by molar-refractivity contribution is 7.12. The molecule has 3 heterocycles. The first kappa shape index (κ1) is 16.5. The van der Waals surface area contributed by atoms with Gasteiger partial charge in [0.05, 0.1) is 12.7 Å². The second-order valence-electron chi connectivity index (χ2n) is 5.23.